The second kappa shape index (κ2) is 5.54. The summed E-state index contributed by atoms with van der Waals surface area (Å²) in [5.41, 5.74) is 6.79. The lowest BCUT2D eigenvalue weighted by molar-refractivity contribution is 0.101. The number of ether oxygens (including phenoxy) is 1. The van der Waals surface area contributed by atoms with Gasteiger partial charge in [-0.05, 0) is 38.5 Å². The number of carbonyl (C=O) groups is 1. The van der Waals surface area contributed by atoms with Gasteiger partial charge in [-0.25, -0.2) is 0 Å². The zero-order valence-electron chi connectivity index (χ0n) is 10.1. The van der Waals surface area contributed by atoms with Crippen LogP contribution in [0.1, 0.15) is 44.0 Å². The molecule has 0 radical (unpaired) electrons. The minimum absolute atomic E-state index is 0.0222. The van der Waals surface area contributed by atoms with Gasteiger partial charge in [0.15, 0.2) is 5.78 Å². The number of ketones is 1. The summed E-state index contributed by atoms with van der Waals surface area (Å²) in [6.07, 6.45) is 2.15. The van der Waals surface area contributed by atoms with Crippen LogP contribution in [0.2, 0.25) is 0 Å². The van der Waals surface area contributed by atoms with Gasteiger partial charge in [-0.15, -0.1) is 0 Å². The monoisotopic (exact) mass is 221 g/mol. The molecule has 2 N–H and O–H groups in total. The Labute approximate surface area is 96.6 Å². The molecule has 3 heteroatoms. The predicted molar refractivity (Wildman–Crippen MR) is 65.9 cm³/mol. The summed E-state index contributed by atoms with van der Waals surface area (Å²) in [6.45, 7) is 5.63. The zero-order valence-corrected chi connectivity index (χ0v) is 10.1. The minimum atomic E-state index is -0.0222. The van der Waals surface area contributed by atoms with Crippen molar-refractivity contribution in [2.24, 2.45) is 0 Å². The molecule has 0 saturated carbocycles. The third-order valence-corrected chi connectivity index (χ3v) is 2.41. The molecule has 16 heavy (non-hydrogen) atoms. The van der Waals surface area contributed by atoms with Crippen LogP contribution in [0.4, 0.5) is 5.69 Å². The maximum Gasteiger partial charge on any atom is 0.163 e. The molecule has 1 unspecified atom stereocenters. The number of hydrogen-bond donors (Lipinski definition) is 1. The van der Waals surface area contributed by atoms with E-state index in [0.29, 0.717) is 17.0 Å². The van der Waals surface area contributed by atoms with Crippen molar-refractivity contribution in [3.63, 3.8) is 0 Å². The SMILES string of the molecule is CCCC(C)Oc1ccc(N)cc1C(C)=O. The topological polar surface area (TPSA) is 52.3 Å². The van der Waals surface area contributed by atoms with Crippen LogP contribution in [0.15, 0.2) is 18.2 Å². The fourth-order valence-corrected chi connectivity index (χ4v) is 1.61. The Hall–Kier alpha value is -1.51. The van der Waals surface area contributed by atoms with E-state index in [9.17, 15) is 4.79 Å². The van der Waals surface area contributed by atoms with Crippen LogP contribution in [0.3, 0.4) is 0 Å². The van der Waals surface area contributed by atoms with Crippen LogP contribution in [0, 0.1) is 0 Å². The molecular formula is C13H19NO2. The van der Waals surface area contributed by atoms with Gasteiger partial charge in [0.1, 0.15) is 5.75 Å². The average Bonchev–Trinajstić information content (AvgIpc) is 2.20. The third-order valence-electron chi connectivity index (χ3n) is 2.41. The summed E-state index contributed by atoms with van der Waals surface area (Å²) < 4.78 is 5.73. The highest BCUT2D eigenvalue weighted by atomic mass is 16.5. The number of nitrogens with two attached hydrogens (primary N) is 1. The van der Waals surface area contributed by atoms with E-state index < -0.39 is 0 Å². The van der Waals surface area contributed by atoms with Crippen molar-refractivity contribution >= 4 is 11.5 Å². The predicted octanol–water partition coefficient (Wildman–Crippen LogP) is 3.04. The molecule has 0 spiro atoms. The third kappa shape index (κ3) is 3.26. The molecule has 1 atom stereocenters. The Balaban J connectivity index is 2.90. The van der Waals surface area contributed by atoms with Crippen molar-refractivity contribution in [1.82, 2.24) is 0 Å². The molecule has 0 saturated heterocycles. The van der Waals surface area contributed by atoms with Crippen LogP contribution < -0.4 is 10.5 Å². The lowest BCUT2D eigenvalue weighted by Crippen LogP contribution is -2.13. The van der Waals surface area contributed by atoms with Crippen molar-refractivity contribution < 1.29 is 9.53 Å². The summed E-state index contributed by atoms with van der Waals surface area (Å²) in [7, 11) is 0. The fourth-order valence-electron chi connectivity index (χ4n) is 1.61. The summed E-state index contributed by atoms with van der Waals surface area (Å²) >= 11 is 0. The molecule has 1 aromatic carbocycles. The second-order valence-corrected chi connectivity index (χ2v) is 4.03. The van der Waals surface area contributed by atoms with Gasteiger partial charge in [-0.3, -0.25) is 4.79 Å². The number of carbonyl (C=O) groups excluding carboxylic acids is 1. The lowest BCUT2D eigenvalue weighted by atomic mass is 10.1. The number of hydrogen-bond acceptors (Lipinski definition) is 3. The van der Waals surface area contributed by atoms with Crippen LogP contribution in [-0.2, 0) is 0 Å². The Morgan fingerprint density at radius 1 is 1.50 bits per heavy atom. The Morgan fingerprint density at radius 3 is 2.75 bits per heavy atom. The van der Waals surface area contributed by atoms with Crippen molar-refractivity contribution in [2.75, 3.05) is 5.73 Å². The first-order valence-corrected chi connectivity index (χ1v) is 5.61. The molecule has 0 heterocycles. The molecule has 88 valence electrons. The normalized spacial score (nSPS) is 12.2. The maximum atomic E-state index is 11.4. The summed E-state index contributed by atoms with van der Waals surface area (Å²) in [5, 5.41) is 0. The van der Waals surface area contributed by atoms with Crippen LogP contribution in [0.25, 0.3) is 0 Å². The highest BCUT2D eigenvalue weighted by Crippen LogP contribution is 2.23. The molecule has 1 aromatic rings. The van der Waals surface area contributed by atoms with E-state index in [4.69, 9.17) is 10.5 Å². The van der Waals surface area contributed by atoms with Gasteiger partial charge in [0.25, 0.3) is 0 Å². The van der Waals surface area contributed by atoms with Crippen molar-refractivity contribution in [3.8, 4) is 5.75 Å². The number of nitrogen functional groups attached to an aromatic ring is 1. The first kappa shape index (κ1) is 12.6. The quantitative estimate of drug-likeness (QED) is 0.614. The molecule has 0 aliphatic heterocycles. The molecular weight excluding hydrogens is 202 g/mol. The molecule has 0 aliphatic carbocycles. The van der Waals surface area contributed by atoms with Gasteiger partial charge in [-0.1, -0.05) is 13.3 Å². The molecule has 3 nitrogen and oxygen atoms in total. The van der Waals surface area contributed by atoms with Gasteiger partial charge in [-0.2, -0.15) is 0 Å². The second-order valence-electron chi connectivity index (χ2n) is 4.03. The maximum absolute atomic E-state index is 11.4. The van der Waals surface area contributed by atoms with E-state index >= 15 is 0 Å². The van der Waals surface area contributed by atoms with Crippen LogP contribution in [0.5, 0.6) is 5.75 Å². The van der Waals surface area contributed by atoms with E-state index in [-0.39, 0.29) is 11.9 Å². The van der Waals surface area contributed by atoms with E-state index in [1.165, 1.54) is 6.92 Å². The van der Waals surface area contributed by atoms with Crippen LogP contribution in [-0.4, -0.2) is 11.9 Å². The number of Topliss-reactive ketones (excluding diaryl/α,β-unsaturated/α-hetero) is 1. The van der Waals surface area contributed by atoms with Gasteiger partial charge >= 0.3 is 0 Å². The van der Waals surface area contributed by atoms with Gasteiger partial charge < -0.3 is 10.5 Å². The Kier molecular flexibility index (Phi) is 4.35. The van der Waals surface area contributed by atoms with Crippen molar-refractivity contribution in [3.05, 3.63) is 23.8 Å². The average molecular weight is 221 g/mol. The molecule has 0 amide bonds. The highest BCUT2D eigenvalue weighted by molar-refractivity contribution is 5.97. The van der Waals surface area contributed by atoms with E-state index in [1.54, 1.807) is 18.2 Å². The molecule has 0 fully saturated rings. The fraction of sp³-hybridized carbons (Fsp3) is 0.462. The van der Waals surface area contributed by atoms with E-state index in [0.717, 1.165) is 12.8 Å². The zero-order chi connectivity index (χ0) is 12.1. The standard InChI is InChI=1S/C13H19NO2/c1-4-5-9(2)16-13-7-6-11(14)8-12(13)10(3)15/h6-9H,4-5,14H2,1-3H3. The summed E-state index contributed by atoms with van der Waals surface area (Å²) in [6, 6.07) is 5.18. The first-order valence-electron chi connectivity index (χ1n) is 5.61. The molecule has 0 aromatic heterocycles. The van der Waals surface area contributed by atoms with Gasteiger partial charge in [0, 0.05) is 5.69 Å². The molecule has 0 bridgehead atoms. The Morgan fingerprint density at radius 2 is 2.19 bits per heavy atom. The molecule has 0 aliphatic rings. The Bertz CT molecular complexity index is 374. The van der Waals surface area contributed by atoms with Crippen molar-refractivity contribution in [1.29, 1.82) is 0 Å². The van der Waals surface area contributed by atoms with Gasteiger partial charge in [0.2, 0.25) is 0 Å². The first-order chi connectivity index (χ1) is 7.54. The number of benzene rings is 1. The van der Waals surface area contributed by atoms with E-state index in [2.05, 4.69) is 6.92 Å². The van der Waals surface area contributed by atoms with Crippen molar-refractivity contribution in [2.45, 2.75) is 39.7 Å². The van der Waals surface area contributed by atoms with Crippen LogP contribution >= 0.6 is 0 Å². The number of anilines is 1. The lowest BCUT2D eigenvalue weighted by Gasteiger charge is -2.16. The largest absolute Gasteiger partial charge is 0.490 e. The smallest absolute Gasteiger partial charge is 0.163 e. The summed E-state index contributed by atoms with van der Waals surface area (Å²) in [4.78, 5) is 11.4. The van der Waals surface area contributed by atoms with Gasteiger partial charge in [0.05, 0.1) is 11.7 Å². The highest BCUT2D eigenvalue weighted by Gasteiger charge is 2.11. The number of rotatable bonds is 5. The molecule has 1 rings (SSSR count). The van der Waals surface area contributed by atoms with E-state index in [1.807, 2.05) is 6.92 Å². The minimum Gasteiger partial charge on any atom is -0.490 e. The summed E-state index contributed by atoms with van der Waals surface area (Å²) in [5.74, 6) is 0.605.